The van der Waals surface area contributed by atoms with Crippen molar-refractivity contribution < 1.29 is 0 Å². The molecule has 2 rings (SSSR count). The second-order valence-corrected chi connectivity index (χ2v) is 7.46. The molecule has 0 aromatic heterocycles. The van der Waals surface area contributed by atoms with E-state index in [0.717, 1.165) is 18.4 Å². The van der Waals surface area contributed by atoms with E-state index in [1.165, 1.54) is 42.5 Å². The number of likely N-dealkylation sites (tertiary alicyclic amines) is 1. The van der Waals surface area contributed by atoms with Crippen molar-refractivity contribution in [1.82, 2.24) is 10.2 Å². The Morgan fingerprint density at radius 2 is 2.19 bits per heavy atom. The molecule has 1 heterocycles. The number of hydrogen-bond acceptors (Lipinski definition) is 2. The first kappa shape index (κ1) is 17.0. The van der Waals surface area contributed by atoms with Gasteiger partial charge < -0.3 is 10.2 Å². The summed E-state index contributed by atoms with van der Waals surface area (Å²) < 4.78 is 1.17. The summed E-state index contributed by atoms with van der Waals surface area (Å²) in [5.74, 6) is 1.72. The van der Waals surface area contributed by atoms with Gasteiger partial charge in [-0.2, -0.15) is 0 Å². The van der Waals surface area contributed by atoms with Crippen LogP contribution in [-0.4, -0.2) is 31.1 Å². The third kappa shape index (κ3) is 5.08. The molecular formula is C18H29BrN2. The van der Waals surface area contributed by atoms with Crippen molar-refractivity contribution in [3.8, 4) is 0 Å². The van der Waals surface area contributed by atoms with E-state index in [1.807, 2.05) is 0 Å². The summed E-state index contributed by atoms with van der Waals surface area (Å²) >= 11 is 3.58. The summed E-state index contributed by atoms with van der Waals surface area (Å²) in [5, 5.41) is 3.64. The van der Waals surface area contributed by atoms with Crippen molar-refractivity contribution >= 4 is 15.9 Å². The molecule has 1 aliphatic rings. The quantitative estimate of drug-likeness (QED) is 0.778. The third-order valence-electron chi connectivity index (χ3n) is 4.69. The van der Waals surface area contributed by atoms with Crippen LogP contribution in [0.3, 0.4) is 0 Å². The van der Waals surface area contributed by atoms with Gasteiger partial charge in [-0.1, -0.05) is 48.8 Å². The second-order valence-electron chi connectivity index (χ2n) is 6.55. The molecule has 2 atom stereocenters. The molecule has 0 aliphatic carbocycles. The molecule has 21 heavy (non-hydrogen) atoms. The molecule has 0 spiro atoms. The van der Waals surface area contributed by atoms with Crippen LogP contribution < -0.4 is 5.32 Å². The van der Waals surface area contributed by atoms with Crippen molar-refractivity contribution in [3.63, 3.8) is 0 Å². The summed E-state index contributed by atoms with van der Waals surface area (Å²) in [7, 11) is 0. The Bertz CT molecular complexity index is 433. The zero-order chi connectivity index (χ0) is 15.2. The molecule has 1 fully saturated rings. The van der Waals surface area contributed by atoms with Crippen LogP contribution in [0.15, 0.2) is 28.7 Å². The van der Waals surface area contributed by atoms with Crippen LogP contribution >= 0.6 is 15.9 Å². The van der Waals surface area contributed by atoms with Crippen LogP contribution in [0, 0.1) is 11.8 Å². The van der Waals surface area contributed by atoms with Crippen LogP contribution in [0.25, 0.3) is 0 Å². The van der Waals surface area contributed by atoms with Gasteiger partial charge in [0.15, 0.2) is 0 Å². The van der Waals surface area contributed by atoms with Crippen LogP contribution in [0.1, 0.15) is 45.2 Å². The maximum atomic E-state index is 3.64. The summed E-state index contributed by atoms with van der Waals surface area (Å²) in [6.45, 7) is 11.7. The monoisotopic (exact) mass is 352 g/mol. The molecular weight excluding hydrogens is 324 g/mol. The summed E-state index contributed by atoms with van der Waals surface area (Å²) in [6, 6.07) is 9.17. The van der Waals surface area contributed by atoms with Crippen LogP contribution in [0.4, 0.5) is 0 Å². The lowest BCUT2D eigenvalue weighted by atomic mass is 9.95. The van der Waals surface area contributed by atoms with Crippen molar-refractivity contribution in [1.29, 1.82) is 0 Å². The molecule has 0 radical (unpaired) electrons. The highest BCUT2D eigenvalue weighted by Gasteiger charge is 2.25. The molecule has 0 amide bonds. The molecule has 2 nitrogen and oxygen atoms in total. The van der Waals surface area contributed by atoms with E-state index >= 15 is 0 Å². The summed E-state index contributed by atoms with van der Waals surface area (Å²) in [5.41, 5.74) is 1.39. The lowest BCUT2D eigenvalue weighted by Gasteiger charge is -2.23. The van der Waals surface area contributed by atoms with Crippen molar-refractivity contribution in [2.75, 3.05) is 26.2 Å². The highest BCUT2D eigenvalue weighted by atomic mass is 79.9. The maximum Gasteiger partial charge on any atom is 0.0332 e. The maximum absolute atomic E-state index is 3.64. The molecule has 2 unspecified atom stereocenters. The number of hydrogen-bond donors (Lipinski definition) is 1. The Hall–Kier alpha value is -0.380. The van der Waals surface area contributed by atoms with Crippen molar-refractivity contribution in [3.05, 3.63) is 34.3 Å². The van der Waals surface area contributed by atoms with Crippen molar-refractivity contribution in [2.45, 2.75) is 39.7 Å². The van der Waals surface area contributed by atoms with E-state index < -0.39 is 0 Å². The number of nitrogens with one attached hydrogen (secondary N) is 1. The van der Waals surface area contributed by atoms with E-state index in [0.29, 0.717) is 6.04 Å². The first-order valence-corrected chi connectivity index (χ1v) is 9.10. The predicted molar refractivity (Wildman–Crippen MR) is 94.6 cm³/mol. The minimum absolute atomic E-state index is 0.464. The van der Waals surface area contributed by atoms with Gasteiger partial charge in [0, 0.05) is 17.1 Å². The summed E-state index contributed by atoms with van der Waals surface area (Å²) in [6.07, 6.45) is 2.57. The Labute approximate surface area is 138 Å². The molecule has 1 N–H and O–H groups in total. The van der Waals surface area contributed by atoms with Gasteiger partial charge in [-0.15, -0.1) is 0 Å². The van der Waals surface area contributed by atoms with Crippen LogP contribution in [-0.2, 0) is 0 Å². The standard InChI is InChI=1S/C18H29BrN2/c1-4-20-18(15-6-5-7-17(19)12-15)9-11-21-10-8-16(13-21)14(2)3/h5-7,12,14,16,18,20H,4,8-11,13H2,1-3H3. The minimum atomic E-state index is 0.464. The number of nitrogens with zero attached hydrogens (tertiary/aromatic N) is 1. The van der Waals surface area contributed by atoms with E-state index in [2.05, 4.69) is 71.2 Å². The second kappa shape index (κ2) is 8.30. The van der Waals surface area contributed by atoms with Gasteiger partial charge in [-0.25, -0.2) is 0 Å². The van der Waals surface area contributed by atoms with Crippen molar-refractivity contribution in [2.24, 2.45) is 11.8 Å². The molecule has 1 aromatic rings. The van der Waals surface area contributed by atoms with E-state index in [9.17, 15) is 0 Å². The smallest absolute Gasteiger partial charge is 0.0332 e. The molecule has 0 bridgehead atoms. The average molecular weight is 353 g/mol. The molecule has 1 saturated heterocycles. The Morgan fingerprint density at radius 3 is 2.81 bits per heavy atom. The fourth-order valence-corrected chi connectivity index (χ4v) is 3.69. The highest BCUT2D eigenvalue weighted by molar-refractivity contribution is 9.10. The molecule has 1 aromatic carbocycles. The third-order valence-corrected chi connectivity index (χ3v) is 5.18. The van der Waals surface area contributed by atoms with E-state index in [4.69, 9.17) is 0 Å². The van der Waals surface area contributed by atoms with Gasteiger partial charge in [-0.05, 0) is 62.0 Å². The van der Waals surface area contributed by atoms with Gasteiger partial charge in [-0.3, -0.25) is 0 Å². The minimum Gasteiger partial charge on any atom is -0.310 e. The lowest BCUT2D eigenvalue weighted by Crippen LogP contribution is -2.28. The number of benzene rings is 1. The molecule has 1 aliphatic heterocycles. The number of rotatable bonds is 7. The largest absolute Gasteiger partial charge is 0.310 e. The first-order chi connectivity index (χ1) is 10.1. The fraction of sp³-hybridized carbons (Fsp3) is 0.667. The normalized spacial score (nSPS) is 21.1. The topological polar surface area (TPSA) is 15.3 Å². The summed E-state index contributed by atoms with van der Waals surface area (Å²) in [4.78, 5) is 2.65. The van der Waals surface area contributed by atoms with E-state index in [-0.39, 0.29) is 0 Å². The average Bonchev–Trinajstić information content (AvgIpc) is 2.92. The lowest BCUT2D eigenvalue weighted by molar-refractivity contribution is 0.285. The zero-order valence-electron chi connectivity index (χ0n) is 13.6. The Balaban J connectivity index is 1.89. The Morgan fingerprint density at radius 1 is 1.38 bits per heavy atom. The van der Waals surface area contributed by atoms with E-state index in [1.54, 1.807) is 0 Å². The molecule has 118 valence electrons. The predicted octanol–water partition coefficient (Wildman–Crippen LogP) is 4.47. The highest BCUT2D eigenvalue weighted by Crippen LogP contribution is 2.26. The Kier molecular flexibility index (Phi) is 6.72. The van der Waals surface area contributed by atoms with Gasteiger partial charge in [0.25, 0.3) is 0 Å². The molecule has 0 saturated carbocycles. The fourth-order valence-electron chi connectivity index (χ4n) is 3.28. The van der Waals surface area contributed by atoms with Crippen LogP contribution in [0.5, 0.6) is 0 Å². The zero-order valence-corrected chi connectivity index (χ0v) is 15.2. The van der Waals surface area contributed by atoms with Gasteiger partial charge in [0.05, 0.1) is 0 Å². The van der Waals surface area contributed by atoms with Gasteiger partial charge in [0.1, 0.15) is 0 Å². The van der Waals surface area contributed by atoms with Gasteiger partial charge >= 0.3 is 0 Å². The van der Waals surface area contributed by atoms with Crippen LogP contribution in [0.2, 0.25) is 0 Å². The first-order valence-electron chi connectivity index (χ1n) is 8.31. The SMILES string of the molecule is CCNC(CCN1CCC(C(C)C)C1)c1cccc(Br)c1. The molecule has 3 heteroatoms. The number of halogens is 1. The van der Waals surface area contributed by atoms with Gasteiger partial charge in [0.2, 0.25) is 0 Å².